The Bertz CT molecular complexity index is 317. The molecule has 18 heavy (non-hydrogen) atoms. The summed E-state index contributed by atoms with van der Waals surface area (Å²) >= 11 is 0. The van der Waals surface area contributed by atoms with Gasteiger partial charge in [-0.25, -0.2) is 0 Å². The van der Waals surface area contributed by atoms with Gasteiger partial charge < -0.3 is 5.32 Å². The molecule has 0 aromatic carbocycles. The van der Waals surface area contributed by atoms with Crippen LogP contribution in [0.15, 0.2) is 0 Å². The standard InChI is InChI=1S/C15H26N2O/c1-10(2)12-7-5-6-8-14(12)17-15(18)13(9-16)11(3)4/h10-14H,5-8H2,1-4H3,(H,17,18). The van der Waals surface area contributed by atoms with Gasteiger partial charge in [-0.15, -0.1) is 0 Å². The molecule has 102 valence electrons. The third-order valence-corrected chi connectivity index (χ3v) is 4.09. The summed E-state index contributed by atoms with van der Waals surface area (Å²) in [5, 5.41) is 12.2. The van der Waals surface area contributed by atoms with Crippen molar-refractivity contribution < 1.29 is 4.79 Å². The molecule has 0 radical (unpaired) electrons. The van der Waals surface area contributed by atoms with E-state index < -0.39 is 5.92 Å². The molecular weight excluding hydrogens is 224 g/mol. The van der Waals surface area contributed by atoms with Crippen LogP contribution in [0.25, 0.3) is 0 Å². The lowest BCUT2D eigenvalue weighted by Crippen LogP contribution is -2.46. The van der Waals surface area contributed by atoms with Gasteiger partial charge in [0, 0.05) is 6.04 Å². The lowest BCUT2D eigenvalue weighted by molar-refractivity contribution is -0.125. The van der Waals surface area contributed by atoms with E-state index in [4.69, 9.17) is 5.26 Å². The van der Waals surface area contributed by atoms with Gasteiger partial charge >= 0.3 is 0 Å². The molecule has 0 aromatic heterocycles. The fourth-order valence-electron chi connectivity index (χ4n) is 2.92. The minimum Gasteiger partial charge on any atom is -0.352 e. The van der Waals surface area contributed by atoms with Crippen LogP contribution in [-0.2, 0) is 4.79 Å². The minimum absolute atomic E-state index is 0.0787. The number of nitrogens with one attached hydrogen (secondary N) is 1. The van der Waals surface area contributed by atoms with Crippen LogP contribution in [-0.4, -0.2) is 11.9 Å². The summed E-state index contributed by atoms with van der Waals surface area (Å²) < 4.78 is 0. The van der Waals surface area contributed by atoms with Crippen LogP contribution in [0, 0.1) is 35.0 Å². The highest BCUT2D eigenvalue weighted by atomic mass is 16.1. The van der Waals surface area contributed by atoms with Crippen molar-refractivity contribution in [2.45, 2.75) is 59.4 Å². The number of amides is 1. The molecule has 3 unspecified atom stereocenters. The lowest BCUT2D eigenvalue weighted by Gasteiger charge is -2.35. The molecule has 1 aliphatic carbocycles. The molecule has 0 saturated heterocycles. The van der Waals surface area contributed by atoms with Crippen LogP contribution in [0.5, 0.6) is 0 Å². The molecular formula is C15H26N2O. The first kappa shape index (κ1) is 15.0. The van der Waals surface area contributed by atoms with Gasteiger partial charge in [-0.1, -0.05) is 40.5 Å². The van der Waals surface area contributed by atoms with E-state index in [1.807, 2.05) is 13.8 Å². The minimum atomic E-state index is -0.514. The second-order valence-electron chi connectivity index (χ2n) is 6.16. The van der Waals surface area contributed by atoms with E-state index in [1.54, 1.807) is 0 Å². The van der Waals surface area contributed by atoms with Crippen LogP contribution in [0.3, 0.4) is 0 Å². The third-order valence-electron chi connectivity index (χ3n) is 4.09. The molecule has 1 N–H and O–H groups in total. The molecule has 3 atom stereocenters. The van der Waals surface area contributed by atoms with Crippen LogP contribution < -0.4 is 5.32 Å². The molecule has 0 aromatic rings. The van der Waals surface area contributed by atoms with E-state index in [2.05, 4.69) is 25.2 Å². The van der Waals surface area contributed by atoms with Crippen LogP contribution in [0.4, 0.5) is 0 Å². The number of carbonyl (C=O) groups is 1. The van der Waals surface area contributed by atoms with Gasteiger partial charge in [0.15, 0.2) is 0 Å². The average Bonchev–Trinajstić information content (AvgIpc) is 2.29. The number of nitrogens with zero attached hydrogens (tertiary/aromatic N) is 1. The first-order valence-electron chi connectivity index (χ1n) is 7.17. The molecule has 1 rings (SSSR count). The van der Waals surface area contributed by atoms with Crippen molar-refractivity contribution in [3.8, 4) is 6.07 Å². The van der Waals surface area contributed by atoms with Crippen LogP contribution in [0.1, 0.15) is 53.4 Å². The zero-order valence-electron chi connectivity index (χ0n) is 12.1. The summed E-state index contributed by atoms with van der Waals surface area (Å²) in [4.78, 5) is 12.1. The number of nitriles is 1. The first-order valence-corrected chi connectivity index (χ1v) is 7.17. The van der Waals surface area contributed by atoms with E-state index in [-0.39, 0.29) is 17.9 Å². The predicted molar refractivity (Wildman–Crippen MR) is 72.7 cm³/mol. The highest BCUT2D eigenvalue weighted by molar-refractivity contribution is 5.81. The second kappa shape index (κ2) is 6.78. The van der Waals surface area contributed by atoms with Gasteiger partial charge in [0.2, 0.25) is 5.91 Å². The molecule has 0 aliphatic heterocycles. The van der Waals surface area contributed by atoms with Gasteiger partial charge in [0.25, 0.3) is 0 Å². The Hall–Kier alpha value is -1.04. The predicted octanol–water partition coefficient (Wildman–Crippen LogP) is 3.11. The van der Waals surface area contributed by atoms with Gasteiger partial charge in [0.05, 0.1) is 6.07 Å². The topological polar surface area (TPSA) is 52.9 Å². The Morgan fingerprint density at radius 1 is 1.22 bits per heavy atom. The fourth-order valence-corrected chi connectivity index (χ4v) is 2.92. The number of rotatable bonds is 4. The van der Waals surface area contributed by atoms with E-state index in [0.29, 0.717) is 11.8 Å². The molecule has 0 spiro atoms. The highest BCUT2D eigenvalue weighted by Crippen LogP contribution is 2.30. The Morgan fingerprint density at radius 2 is 1.83 bits per heavy atom. The smallest absolute Gasteiger partial charge is 0.237 e. The maximum absolute atomic E-state index is 12.1. The average molecular weight is 250 g/mol. The van der Waals surface area contributed by atoms with Gasteiger partial charge in [-0.2, -0.15) is 5.26 Å². The van der Waals surface area contributed by atoms with Crippen LogP contribution >= 0.6 is 0 Å². The summed E-state index contributed by atoms with van der Waals surface area (Å²) in [5.74, 6) is 0.644. The number of carbonyl (C=O) groups excluding carboxylic acids is 1. The van der Waals surface area contributed by atoms with Crippen molar-refractivity contribution in [2.24, 2.45) is 23.7 Å². The second-order valence-corrected chi connectivity index (χ2v) is 6.16. The molecule has 3 nitrogen and oxygen atoms in total. The Balaban J connectivity index is 2.64. The van der Waals surface area contributed by atoms with E-state index in [1.165, 1.54) is 19.3 Å². The molecule has 1 saturated carbocycles. The van der Waals surface area contributed by atoms with Crippen molar-refractivity contribution >= 4 is 5.91 Å². The van der Waals surface area contributed by atoms with Crippen molar-refractivity contribution in [3.63, 3.8) is 0 Å². The summed E-state index contributed by atoms with van der Waals surface area (Å²) in [6.45, 7) is 8.29. The van der Waals surface area contributed by atoms with E-state index >= 15 is 0 Å². The van der Waals surface area contributed by atoms with Crippen LogP contribution in [0.2, 0.25) is 0 Å². The Kier molecular flexibility index (Phi) is 5.65. The molecule has 1 fully saturated rings. The summed E-state index contributed by atoms with van der Waals surface area (Å²) in [6, 6.07) is 2.39. The molecule has 0 heterocycles. The lowest BCUT2D eigenvalue weighted by atomic mass is 9.77. The third kappa shape index (κ3) is 3.73. The van der Waals surface area contributed by atoms with Crippen molar-refractivity contribution in [3.05, 3.63) is 0 Å². The number of hydrogen-bond donors (Lipinski definition) is 1. The summed E-state index contributed by atoms with van der Waals surface area (Å²) in [5.41, 5.74) is 0. The Morgan fingerprint density at radius 3 is 2.33 bits per heavy atom. The molecule has 0 bridgehead atoms. The zero-order chi connectivity index (χ0) is 13.7. The van der Waals surface area contributed by atoms with E-state index in [9.17, 15) is 4.79 Å². The van der Waals surface area contributed by atoms with Gasteiger partial charge in [-0.05, 0) is 30.6 Å². The SMILES string of the molecule is CC(C)C(C#N)C(=O)NC1CCCCC1C(C)C. The monoisotopic (exact) mass is 250 g/mol. The largest absolute Gasteiger partial charge is 0.352 e. The summed E-state index contributed by atoms with van der Waals surface area (Å²) in [7, 11) is 0. The normalized spacial score (nSPS) is 25.8. The highest BCUT2D eigenvalue weighted by Gasteiger charge is 2.31. The van der Waals surface area contributed by atoms with E-state index in [0.717, 1.165) is 6.42 Å². The van der Waals surface area contributed by atoms with Crippen molar-refractivity contribution in [1.29, 1.82) is 5.26 Å². The van der Waals surface area contributed by atoms with Crippen molar-refractivity contribution in [1.82, 2.24) is 5.32 Å². The zero-order valence-corrected chi connectivity index (χ0v) is 12.1. The fraction of sp³-hybridized carbons (Fsp3) is 0.867. The molecule has 1 amide bonds. The quantitative estimate of drug-likeness (QED) is 0.833. The maximum atomic E-state index is 12.1. The van der Waals surface area contributed by atoms with Crippen molar-refractivity contribution in [2.75, 3.05) is 0 Å². The van der Waals surface area contributed by atoms with Gasteiger partial charge in [-0.3, -0.25) is 4.79 Å². The molecule has 3 heteroatoms. The maximum Gasteiger partial charge on any atom is 0.237 e. The summed E-state index contributed by atoms with van der Waals surface area (Å²) in [6.07, 6.45) is 4.71. The van der Waals surface area contributed by atoms with Gasteiger partial charge in [0.1, 0.15) is 5.92 Å². The molecule has 1 aliphatic rings. The Labute approximate surface area is 111 Å². The number of hydrogen-bond acceptors (Lipinski definition) is 2. The first-order chi connectivity index (χ1) is 8.47.